The fourth-order valence-corrected chi connectivity index (χ4v) is 2.39. The van der Waals surface area contributed by atoms with Crippen molar-refractivity contribution in [2.24, 2.45) is 0 Å². The van der Waals surface area contributed by atoms with Gasteiger partial charge < -0.3 is 14.8 Å². The van der Waals surface area contributed by atoms with E-state index in [1.807, 2.05) is 37.3 Å². The third-order valence-corrected chi connectivity index (χ3v) is 3.56. The Hall–Kier alpha value is -2.07. The minimum absolute atomic E-state index is 0.0133. The van der Waals surface area contributed by atoms with Crippen LogP contribution in [0, 0.1) is 12.7 Å². The smallest absolute Gasteiger partial charge is 0.161 e. The Balaban J connectivity index is 1.52. The highest BCUT2D eigenvalue weighted by Crippen LogP contribution is 2.30. The average Bonchev–Trinajstić information content (AvgIpc) is 2.49. The molecule has 2 aromatic rings. The van der Waals surface area contributed by atoms with E-state index in [2.05, 4.69) is 5.32 Å². The van der Waals surface area contributed by atoms with Crippen LogP contribution in [0.5, 0.6) is 11.5 Å². The molecule has 1 aliphatic rings. The number of para-hydroxylation sites is 2. The van der Waals surface area contributed by atoms with Crippen molar-refractivity contribution in [3.05, 3.63) is 59.4 Å². The quantitative estimate of drug-likeness (QED) is 0.937. The maximum Gasteiger partial charge on any atom is 0.161 e. The monoisotopic (exact) mass is 287 g/mol. The Kier molecular flexibility index (Phi) is 4.06. The lowest BCUT2D eigenvalue weighted by atomic mass is 10.1. The molecule has 1 atom stereocenters. The Labute approximate surface area is 123 Å². The number of rotatable bonds is 4. The normalized spacial score (nSPS) is 16.8. The van der Waals surface area contributed by atoms with Gasteiger partial charge in [0.15, 0.2) is 11.5 Å². The molecule has 0 radical (unpaired) electrons. The van der Waals surface area contributed by atoms with E-state index in [-0.39, 0.29) is 11.9 Å². The highest BCUT2D eigenvalue weighted by Gasteiger charge is 2.19. The van der Waals surface area contributed by atoms with Crippen molar-refractivity contribution in [2.45, 2.75) is 19.6 Å². The molecule has 3 nitrogen and oxygen atoms in total. The highest BCUT2D eigenvalue weighted by atomic mass is 19.1. The maximum absolute atomic E-state index is 13.0. The van der Waals surface area contributed by atoms with E-state index in [0.717, 1.165) is 22.6 Å². The second-order valence-electron chi connectivity index (χ2n) is 5.20. The number of aryl methyl sites for hydroxylation is 1. The van der Waals surface area contributed by atoms with Crippen molar-refractivity contribution >= 4 is 0 Å². The van der Waals surface area contributed by atoms with Crippen LogP contribution in [0.3, 0.4) is 0 Å². The van der Waals surface area contributed by atoms with Crippen LogP contribution in [-0.4, -0.2) is 19.3 Å². The number of hydrogen-bond donors (Lipinski definition) is 1. The zero-order chi connectivity index (χ0) is 14.7. The van der Waals surface area contributed by atoms with Crippen molar-refractivity contribution in [1.82, 2.24) is 5.32 Å². The van der Waals surface area contributed by atoms with Gasteiger partial charge in [-0.2, -0.15) is 0 Å². The number of hydrogen-bond acceptors (Lipinski definition) is 3. The first kappa shape index (κ1) is 13.9. The van der Waals surface area contributed by atoms with Crippen LogP contribution >= 0.6 is 0 Å². The summed E-state index contributed by atoms with van der Waals surface area (Å²) in [5, 5.41) is 3.34. The average molecular weight is 287 g/mol. The largest absolute Gasteiger partial charge is 0.486 e. The van der Waals surface area contributed by atoms with Crippen LogP contribution in [0.2, 0.25) is 0 Å². The molecule has 110 valence electrons. The molecule has 0 aliphatic carbocycles. The molecule has 0 saturated carbocycles. The van der Waals surface area contributed by atoms with Crippen LogP contribution in [0.4, 0.5) is 4.39 Å². The van der Waals surface area contributed by atoms with Crippen molar-refractivity contribution in [3.63, 3.8) is 0 Å². The first-order valence-corrected chi connectivity index (χ1v) is 7.06. The lowest BCUT2D eigenvalue weighted by Crippen LogP contribution is -2.38. The third kappa shape index (κ3) is 3.34. The number of benzene rings is 2. The summed E-state index contributed by atoms with van der Waals surface area (Å²) in [4.78, 5) is 0. The predicted molar refractivity (Wildman–Crippen MR) is 79.2 cm³/mol. The fourth-order valence-electron chi connectivity index (χ4n) is 2.39. The second kappa shape index (κ2) is 6.14. The van der Waals surface area contributed by atoms with Crippen LogP contribution < -0.4 is 14.8 Å². The second-order valence-corrected chi connectivity index (χ2v) is 5.20. The molecule has 3 rings (SSSR count). The molecule has 0 saturated heterocycles. The first-order chi connectivity index (χ1) is 10.2. The minimum Gasteiger partial charge on any atom is -0.486 e. The summed E-state index contributed by atoms with van der Waals surface area (Å²) in [7, 11) is 0. The number of halogens is 1. The van der Waals surface area contributed by atoms with E-state index < -0.39 is 0 Å². The Morgan fingerprint density at radius 2 is 2.00 bits per heavy atom. The molecule has 21 heavy (non-hydrogen) atoms. The topological polar surface area (TPSA) is 30.5 Å². The molecule has 1 heterocycles. The molecule has 0 amide bonds. The van der Waals surface area contributed by atoms with E-state index >= 15 is 0 Å². The van der Waals surface area contributed by atoms with Gasteiger partial charge in [-0.3, -0.25) is 0 Å². The SMILES string of the molecule is Cc1cc(F)ccc1CNCC1COc2ccccc2O1. The van der Waals surface area contributed by atoms with Gasteiger partial charge in [0.05, 0.1) is 0 Å². The molecule has 1 N–H and O–H groups in total. The van der Waals surface area contributed by atoms with Gasteiger partial charge in [-0.05, 0) is 42.3 Å². The van der Waals surface area contributed by atoms with Gasteiger partial charge in [-0.1, -0.05) is 18.2 Å². The zero-order valence-corrected chi connectivity index (χ0v) is 11.9. The molecular formula is C17H18FNO2. The Bertz CT molecular complexity index is 630. The van der Waals surface area contributed by atoms with E-state index in [9.17, 15) is 4.39 Å². The summed E-state index contributed by atoms with van der Waals surface area (Å²) in [5.41, 5.74) is 2.04. The third-order valence-electron chi connectivity index (χ3n) is 3.56. The van der Waals surface area contributed by atoms with Gasteiger partial charge in [-0.25, -0.2) is 4.39 Å². The predicted octanol–water partition coefficient (Wildman–Crippen LogP) is 3.06. The van der Waals surface area contributed by atoms with E-state index in [1.165, 1.54) is 6.07 Å². The lowest BCUT2D eigenvalue weighted by molar-refractivity contribution is 0.0902. The fraction of sp³-hybridized carbons (Fsp3) is 0.294. The summed E-state index contributed by atoms with van der Waals surface area (Å²) >= 11 is 0. The van der Waals surface area contributed by atoms with Gasteiger partial charge in [0, 0.05) is 13.1 Å². The summed E-state index contributed by atoms with van der Waals surface area (Å²) in [5.74, 6) is 1.38. The highest BCUT2D eigenvalue weighted by molar-refractivity contribution is 5.40. The van der Waals surface area contributed by atoms with Crippen molar-refractivity contribution in [1.29, 1.82) is 0 Å². The van der Waals surface area contributed by atoms with Crippen LogP contribution in [0.1, 0.15) is 11.1 Å². The molecule has 0 bridgehead atoms. The molecule has 1 unspecified atom stereocenters. The molecule has 1 aliphatic heterocycles. The van der Waals surface area contributed by atoms with Crippen molar-refractivity contribution < 1.29 is 13.9 Å². The van der Waals surface area contributed by atoms with Gasteiger partial charge in [-0.15, -0.1) is 0 Å². The van der Waals surface area contributed by atoms with Gasteiger partial charge >= 0.3 is 0 Å². The Morgan fingerprint density at radius 1 is 1.19 bits per heavy atom. The van der Waals surface area contributed by atoms with Crippen molar-refractivity contribution in [3.8, 4) is 11.5 Å². The van der Waals surface area contributed by atoms with E-state index in [1.54, 1.807) is 6.07 Å². The summed E-state index contributed by atoms with van der Waals surface area (Å²) in [6, 6.07) is 12.5. The van der Waals surface area contributed by atoms with E-state index in [4.69, 9.17) is 9.47 Å². The summed E-state index contributed by atoms with van der Waals surface area (Å²) in [6.45, 7) is 3.82. The molecule has 0 fully saturated rings. The number of ether oxygens (including phenoxy) is 2. The van der Waals surface area contributed by atoms with Crippen LogP contribution in [0.15, 0.2) is 42.5 Å². The van der Waals surface area contributed by atoms with Crippen LogP contribution in [0.25, 0.3) is 0 Å². The number of nitrogens with one attached hydrogen (secondary N) is 1. The van der Waals surface area contributed by atoms with Gasteiger partial charge in [0.1, 0.15) is 18.5 Å². The lowest BCUT2D eigenvalue weighted by Gasteiger charge is -2.26. The maximum atomic E-state index is 13.0. The van der Waals surface area contributed by atoms with Crippen LogP contribution in [-0.2, 0) is 6.54 Å². The van der Waals surface area contributed by atoms with Crippen molar-refractivity contribution in [2.75, 3.05) is 13.2 Å². The van der Waals surface area contributed by atoms with Gasteiger partial charge in [0.25, 0.3) is 0 Å². The minimum atomic E-state index is -0.197. The van der Waals surface area contributed by atoms with E-state index in [0.29, 0.717) is 19.7 Å². The molecule has 0 spiro atoms. The van der Waals surface area contributed by atoms with Gasteiger partial charge in [0.2, 0.25) is 0 Å². The molecule has 2 aromatic carbocycles. The molecular weight excluding hydrogens is 269 g/mol. The Morgan fingerprint density at radius 3 is 2.81 bits per heavy atom. The standard InChI is InChI=1S/C17H18FNO2/c1-12-8-14(18)7-6-13(12)9-19-10-15-11-20-16-4-2-3-5-17(16)21-15/h2-8,15,19H,9-11H2,1H3. The first-order valence-electron chi connectivity index (χ1n) is 7.06. The molecule has 0 aromatic heterocycles. The summed E-state index contributed by atoms with van der Waals surface area (Å²) in [6.07, 6.45) is -0.0133. The number of fused-ring (bicyclic) bond motifs is 1. The zero-order valence-electron chi connectivity index (χ0n) is 11.9. The summed E-state index contributed by atoms with van der Waals surface area (Å²) < 4.78 is 24.6. The molecule has 4 heteroatoms.